The van der Waals surface area contributed by atoms with Gasteiger partial charge in [-0.05, 0) is 43.2 Å². The number of halogens is 1. The van der Waals surface area contributed by atoms with Gasteiger partial charge in [0.05, 0.1) is 23.2 Å². The van der Waals surface area contributed by atoms with Crippen LogP contribution in [0.15, 0.2) is 60.0 Å². The summed E-state index contributed by atoms with van der Waals surface area (Å²) in [7, 11) is 0. The molecule has 1 aliphatic heterocycles. The van der Waals surface area contributed by atoms with Gasteiger partial charge in [0.1, 0.15) is 18.2 Å². The van der Waals surface area contributed by atoms with Gasteiger partial charge in [0.15, 0.2) is 0 Å². The molecule has 1 aliphatic rings. The maximum absolute atomic E-state index is 13.4. The van der Waals surface area contributed by atoms with Crippen LogP contribution in [0, 0.1) is 18.7 Å². The number of carbonyl (C=O) groups excluding carboxylic acids is 1. The molecule has 0 unspecified atom stereocenters. The number of nitrogens with one attached hydrogen (secondary N) is 1. The second-order valence-electron chi connectivity index (χ2n) is 7.74. The quantitative estimate of drug-likeness (QED) is 0.530. The summed E-state index contributed by atoms with van der Waals surface area (Å²) in [6.07, 6.45) is 0.695. The third kappa shape index (κ3) is 5.68. The molecule has 0 bridgehead atoms. The molecule has 1 fully saturated rings. The first-order valence-corrected chi connectivity index (χ1v) is 11.3. The zero-order chi connectivity index (χ0) is 21.6. The van der Waals surface area contributed by atoms with E-state index in [4.69, 9.17) is 4.74 Å². The van der Waals surface area contributed by atoms with E-state index in [0.29, 0.717) is 32.7 Å². The average Bonchev–Trinajstić information content (AvgIpc) is 3.39. The van der Waals surface area contributed by atoms with E-state index in [-0.39, 0.29) is 23.7 Å². The summed E-state index contributed by atoms with van der Waals surface area (Å²) in [5.41, 5.74) is 2.03. The first kappa shape index (κ1) is 21.5. The minimum absolute atomic E-state index is 0.0285. The van der Waals surface area contributed by atoms with Gasteiger partial charge in [0, 0.05) is 24.5 Å². The van der Waals surface area contributed by atoms with Crippen LogP contribution < -0.4 is 10.1 Å². The zero-order valence-corrected chi connectivity index (χ0v) is 18.3. The predicted octanol–water partition coefficient (Wildman–Crippen LogP) is 4.35. The van der Waals surface area contributed by atoms with Crippen molar-refractivity contribution in [1.29, 1.82) is 0 Å². The summed E-state index contributed by atoms with van der Waals surface area (Å²) in [5, 5.41) is 6.09. The maximum Gasteiger partial charge on any atom is 0.224 e. The summed E-state index contributed by atoms with van der Waals surface area (Å²) in [6, 6.07) is 16.2. The summed E-state index contributed by atoms with van der Waals surface area (Å²) in [6.45, 7) is 4.18. The normalized spacial score (nSPS) is 18.8. The molecule has 2 heterocycles. The number of para-hydroxylation sites is 1. The van der Waals surface area contributed by atoms with Gasteiger partial charge >= 0.3 is 0 Å². The van der Waals surface area contributed by atoms with Crippen LogP contribution in [0.2, 0.25) is 0 Å². The van der Waals surface area contributed by atoms with Gasteiger partial charge in [0.25, 0.3) is 0 Å². The van der Waals surface area contributed by atoms with Crippen LogP contribution in [0.3, 0.4) is 0 Å². The molecule has 5 nitrogen and oxygen atoms in total. The summed E-state index contributed by atoms with van der Waals surface area (Å²) in [5.74, 6) is 0.432. The van der Waals surface area contributed by atoms with Crippen LogP contribution in [-0.4, -0.2) is 35.5 Å². The molecule has 1 N–H and O–H groups in total. The molecule has 0 spiro atoms. The molecule has 0 aliphatic carbocycles. The van der Waals surface area contributed by atoms with Crippen molar-refractivity contribution in [1.82, 2.24) is 15.2 Å². The number of aryl methyl sites for hydroxylation is 1. The minimum atomic E-state index is -0.254. The minimum Gasteiger partial charge on any atom is -0.492 e. The number of likely N-dealkylation sites (tertiary alicyclic amines) is 1. The summed E-state index contributed by atoms with van der Waals surface area (Å²) < 4.78 is 19.1. The monoisotopic (exact) mass is 439 g/mol. The highest BCUT2D eigenvalue weighted by Crippen LogP contribution is 2.36. The van der Waals surface area contributed by atoms with Crippen molar-refractivity contribution in [2.24, 2.45) is 5.92 Å². The number of hydrogen-bond acceptors (Lipinski definition) is 5. The highest BCUT2D eigenvalue weighted by Gasteiger charge is 2.37. The van der Waals surface area contributed by atoms with Gasteiger partial charge in [-0.3, -0.25) is 9.69 Å². The van der Waals surface area contributed by atoms with Crippen molar-refractivity contribution in [3.63, 3.8) is 0 Å². The topological polar surface area (TPSA) is 54.5 Å². The van der Waals surface area contributed by atoms with E-state index in [1.54, 1.807) is 11.3 Å². The number of thiazole rings is 1. The Morgan fingerprint density at radius 1 is 1.23 bits per heavy atom. The van der Waals surface area contributed by atoms with Crippen LogP contribution >= 0.6 is 11.3 Å². The smallest absolute Gasteiger partial charge is 0.224 e. The lowest BCUT2D eigenvalue weighted by molar-refractivity contribution is -0.124. The SMILES string of the molecule is Cc1nc(CN2C[C@H](C(=O)NCCOc3ccccc3)C[C@@H]2c2ccc(F)cc2)cs1. The van der Waals surface area contributed by atoms with E-state index in [9.17, 15) is 9.18 Å². The lowest BCUT2D eigenvalue weighted by Gasteiger charge is -2.23. The maximum atomic E-state index is 13.4. The van der Waals surface area contributed by atoms with Crippen molar-refractivity contribution in [3.8, 4) is 5.75 Å². The molecular formula is C24H26FN3O2S. The van der Waals surface area contributed by atoms with Crippen LogP contribution in [-0.2, 0) is 11.3 Å². The number of hydrogen-bond donors (Lipinski definition) is 1. The molecule has 1 amide bonds. The van der Waals surface area contributed by atoms with Crippen molar-refractivity contribution in [2.75, 3.05) is 19.7 Å². The van der Waals surface area contributed by atoms with Gasteiger partial charge in [-0.25, -0.2) is 9.37 Å². The van der Waals surface area contributed by atoms with Crippen molar-refractivity contribution >= 4 is 17.2 Å². The number of nitrogens with zero attached hydrogens (tertiary/aromatic N) is 2. The van der Waals surface area contributed by atoms with Crippen LogP contribution in [0.5, 0.6) is 5.75 Å². The van der Waals surface area contributed by atoms with Crippen LogP contribution in [0.4, 0.5) is 4.39 Å². The number of amides is 1. The van der Waals surface area contributed by atoms with Crippen molar-refractivity contribution in [3.05, 3.63) is 82.1 Å². The fraction of sp³-hybridized carbons (Fsp3) is 0.333. The molecule has 2 aromatic carbocycles. The fourth-order valence-electron chi connectivity index (χ4n) is 3.99. The molecule has 3 aromatic rings. The van der Waals surface area contributed by atoms with Gasteiger partial charge < -0.3 is 10.1 Å². The molecule has 0 radical (unpaired) electrons. The Morgan fingerprint density at radius 3 is 2.71 bits per heavy atom. The number of carbonyl (C=O) groups is 1. The first-order chi connectivity index (χ1) is 15.1. The number of ether oxygens (including phenoxy) is 1. The largest absolute Gasteiger partial charge is 0.492 e. The Labute approximate surface area is 185 Å². The zero-order valence-electron chi connectivity index (χ0n) is 17.5. The Bertz CT molecular complexity index is 994. The number of aromatic nitrogens is 1. The molecule has 1 aromatic heterocycles. The van der Waals surface area contributed by atoms with Crippen LogP contribution in [0.1, 0.15) is 28.7 Å². The molecule has 7 heteroatoms. The predicted molar refractivity (Wildman–Crippen MR) is 119 cm³/mol. The van der Waals surface area contributed by atoms with E-state index in [1.165, 1.54) is 12.1 Å². The lowest BCUT2D eigenvalue weighted by atomic mass is 9.99. The van der Waals surface area contributed by atoms with Gasteiger partial charge in [-0.2, -0.15) is 0 Å². The lowest BCUT2D eigenvalue weighted by Crippen LogP contribution is -2.35. The van der Waals surface area contributed by atoms with E-state index in [0.717, 1.165) is 22.0 Å². The Morgan fingerprint density at radius 2 is 2.00 bits per heavy atom. The molecule has 0 saturated carbocycles. The van der Waals surface area contributed by atoms with E-state index in [1.807, 2.05) is 49.4 Å². The van der Waals surface area contributed by atoms with Crippen molar-refractivity contribution < 1.29 is 13.9 Å². The van der Waals surface area contributed by atoms with Gasteiger partial charge in [0.2, 0.25) is 5.91 Å². The third-order valence-corrected chi connectivity index (χ3v) is 6.30. The molecular weight excluding hydrogens is 413 g/mol. The van der Waals surface area contributed by atoms with E-state index in [2.05, 4.69) is 20.6 Å². The third-order valence-electron chi connectivity index (χ3n) is 5.47. The number of rotatable bonds is 8. The molecule has 4 rings (SSSR count). The molecule has 1 saturated heterocycles. The first-order valence-electron chi connectivity index (χ1n) is 10.4. The fourth-order valence-corrected chi connectivity index (χ4v) is 4.60. The molecule has 31 heavy (non-hydrogen) atoms. The van der Waals surface area contributed by atoms with Crippen LogP contribution in [0.25, 0.3) is 0 Å². The highest BCUT2D eigenvalue weighted by atomic mass is 32.1. The Balaban J connectivity index is 1.37. The molecule has 162 valence electrons. The Kier molecular flexibility index (Phi) is 6.94. The second-order valence-corrected chi connectivity index (χ2v) is 8.80. The van der Waals surface area contributed by atoms with E-state index >= 15 is 0 Å². The Hall–Kier alpha value is -2.77. The van der Waals surface area contributed by atoms with Crippen molar-refractivity contribution in [2.45, 2.75) is 25.9 Å². The molecule has 2 atom stereocenters. The standard InChI is InChI=1S/C24H26FN3O2S/c1-17-27-21(16-31-17)15-28-14-19(13-23(28)18-7-9-20(25)10-8-18)24(29)26-11-12-30-22-5-3-2-4-6-22/h2-10,16,19,23H,11-15H2,1H3,(H,26,29)/t19-,23-/m1/s1. The average molecular weight is 440 g/mol. The summed E-state index contributed by atoms with van der Waals surface area (Å²) >= 11 is 1.63. The summed E-state index contributed by atoms with van der Waals surface area (Å²) in [4.78, 5) is 19.7. The van der Waals surface area contributed by atoms with E-state index < -0.39 is 0 Å². The highest BCUT2D eigenvalue weighted by molar-refractivity contribution is 7.09. The second kappa shape index (κ2) is 10.0. The van der Waals surface area contributed by atoms with Gasteiger partial charge in [-0.1, -0.05) is 30.3 Å². The number of benzene rings is 2. The van der Waals surface area contributed by atoms with Gasteiger partial charge in [-0.15, -0.1) is 11.3 Å².